The monoisotopic (exact) mass is 359 g/mol. The van der Waals surface area contributed by atoms with Crippen LogP contribution in [0, 0.1) is 6.92 Å². The maximum absolute atomic E-state index is 12.2. The molecule has 7 nitrogen and oxygen atoms in total. The van der Waals surface area contributed by atoms with Crippen LogP contribution in [-0.4, -0.2) is 39.8 Å². The first kappa shape index (κ1) is 19.1. The average molecular weight is 359 g/mol. The van der Waals surface area contributed by atoms with E-state index >= 15 is 0 Å². The number of carbonyl (C=O) groups excluding carboxylic acids is 2. The number of hydrogen-bond donors (Lipinski definition) is 1. The molecule has 0 fully saturated rings. The van der Waals surface area contributed by atoms with Crippen molar-refractivity contribution in [1.29, 1.82) is 0 Å². The summed E-state index contributed by atoms with van der Waals surface area (Å²) in [5.74, 6) is 0.218. The van der Waals surface area contributed by atoms with Gasteiger partial charge >= 0.3 is 5.97 Å². The van der Waals surface area contributed by atoms with Crippen LogP contribution in [0.15, 0.2) is 36.4 Å². The fourth-order valence-corrected chi connectivity index (χ4v) is 2.28. The van der Waals surface area contributed by atoms with Gasteiger partial charge in [0.2, 0.25) is 0 Å². The van der Waals surface area contributed by atoms with E-state index in [1.807, 2.05) is 13.0 Å². The molecular formula is C19H21NO6. The molecule has 0 unspecified atom stereocenters. The van der Waals surface area contributed by atoms with E-state index in [9.17, 15) is 9.59 Å². The number of benzene rings is 2. The maximum atomic E-state index is 12.2. The third kappa shape index (κ3) is 4.66. The van der Waals surface area contributed by atoms with Crippen molar-refractivity contribution in [3.63, 3.8) is 0 Å². The summed E-state index contributed by atoms with van der Waals surface area (Å²) in [6.45, 7) is 1.45. The fourth-order valence-electron chi connectivity index (χ4n) is 2.28. The maximum Gasteiger partial charge on any atom is 0.342 e. The summed E-state index contributed by atoms with van der Waals surface area (Å²) in [5, 5.41) is 2.66. The van der Waals surface area contributed by atoms with Gasteiger partial charge in [-0.25, -0.2) is 4.79 Å². The number of carbonyl (C=O) groups is 2. The van der Waals surface area contributed by atoms with Crippen LogP contribution in [0.4, 0.5) is 5.69 Å². The van der Waals surface area contributed by atoms with Crippen molar-refractivity contribution < 1.29 is 28.5 Å². The van der Waals surface area contributed by atoms with Gasteiger partial charge in [0.05, 0.1) is 27.0 Å². The van der Waals surface area contributed by atoms with Crippen molar-refractivity contribution in [3.05, 3.63) is 47.5 Å². The second-order valence-corrected chi connectivity index (χ2v) is 5.39. The van der Waals surface area contributed by atoms with Gasteiger partial charge in [-0.05, 0) is 36.8 Å². The molecule has 1 amide bonds. The summed E-state index contributed by atoms with van der Waals surface area (Å²) in [7, 11) is 4.45. The SMILES string of the molecule is COc1ccc(C(=O)OCC(=O)Nc2cc(C)ccc2OC)c(OC)c1. The minimum atomic E-state index is -0.670. The molecule has 0 spiro atoms. The third-order valence-electron chi connectivity index (χ3n) is 3.59. The van der Waals surface area contributed by atoms with E-state index in [4.69, 9.17) is 18.9 Å². The second-order valence-electron chi connectivity index (χ2n) is 5.39. The first-order chi connectivity index (χ1) is 12.5. The predicted octanol–water partition coefficient (Wildman–Crippen LogP) is 2.82. The van der Waals surface area contributed by atoms with Crippen molar-refractivity contribution in [1.82, 2.24) is 0 Å². The molecule has 138 valence electrons. The first-order valence-electron chi connectivity index (χ1n) is 7.82. The minimum absolute atomic E-state index is 0.203. The van der Waals surface area contributed by atoms with Crippen molar-refractivity contribution in [2.45, 2.75) is 6.92 Å². The fraction of sp³-hybridized carbons (Fsp3) is 0.263. The highest BCUT2D eigenvalue weighted by atomic mass is 16.5. The Labute approximate surface area is 151 Å². The lowest BCUT2D eigenvalue weighted by Crippen LogP contribution is -2.21. The molecule has 0 radical (unpaired) electrons. The topological polar surface area (TPSA) is 83.1 Å². The van der Waals surface area contributed by atoms with Crippen LogP contribution in [-0.2, 0) is 9.53 Å². The van der Waals surface area contributed by atoms with E-state index in [2.05, 4.69) is 5.32 Å². The van der Waals surface area contributed by atoms with Crippen LogP contribution >= 0.6 is 0 Å². The summed E-state index contributed by atoms with van der Waals surface area (Å²) >= 11 is 0. The number of ether oxygens (including phenoxy) is 4. The Morgan fingerprint density at radius 1 is 0.923 bits per heavy atom. The van der Waals surface area contributed by atoms with E-state index in [1.165, 1.54) is 27.4 Å². The lowest BCUT2D eigenvalue weighted by molar-refractivity contribution is -0.119. The zero-order valence-corrected chi connectivity index (χ0v) is 15.1. The van der Waals surface area contributed by atoms with Crippen molar-refractivity contribution in [2.75, 3.05) is 33.3 Å². The van der Waals surface area contributed by atoms with Gasteiger partial charge in [-0.3, -0.25) is 4.79 Å². The molecule has 0 aliphatic rings. The van der Waals surface area contributed by atoms with Crippen molar-refractivity contribution in [2.24, 2.45) is 0 Å². The standard InChI is InChI=1S/C19H21NO6/c1-12-5-8-16(24-3)15(9-12)20-18(21)11-26-19(22)14-7-6-13(23-2)10-17(14)25-4/h5-10H,11H2,1-4H3,(H,20,21). The largest absolute Gasteiger partial charge is 0.497 e. The highest BCUT2D eigenvalue weighted by Crippen LogP contribution is 2.26. The van der Waals surface area contributed by atoms with Gasteiger partial charge in [-0.1, -0.05) is 6.07 Å². The molecule has 2 aromatic carbocycles. The van der Waals surface area contributed by atoms with Crippen LogP contribution in [0.3, 0.4) is 0 Å². The van der Waals surface area contributed by atoms with E-state index in [0.717, 1.165) is 5.56 Å². The molecule has 2 rings (SSSR count). The average Bonchev–Trinajstić information content (AvgIpc) is 2.65. The molecule has 0 aliphatic heterocycles. The Kier molecular flexibility index (Phi) is 6.43. The number of anilines is 1. The molecule has 0 heterocycles. The minimum Gasteiger partial charge on any atom is -0.497 e. The van der Waals surface area contributed by atoms with Gasteiger partial charge < -0.3 is 24.3 Å². The Bertz CT molecular complexity index is 803. The van der Waals surface area contributed by atoms with E-state index in [0.29, 0.717) is 22.9 Å². The van der Waals surface area contributed by atoms with Crippen LogP contribution in [0.1, 0.15) is 15.9 Å². The van der Waals surface area contributed by atoms with Gasteiger partial charge in [0.1, 0.15) is 22.8 Å². The summed E-state index contributed by atoms with van der Waals surface area (Å²) in [5.41, 5.74) is 1.67. The Morgan fingerprint density at radius 2 is 1.65 bits per heavy atom. The number of hydrogen-bond acceptors (Lipinski definition) is 6. The lowest BCUT2D eigenvalue weighted by atomic mass is 10.2. The molecule has 0 saturated carbocycles. The van der Waals surface area contributed by atoms with Crippen molar-refractivity contribution >= 4 is 17.6 Å². The molecule has 0 atom stereocenters. The predicted molar refractivity (Wildman–Crippen MR) is 96.2 cm³/mol. The zero-order chi connectivity index (χ0) is 19.1. The molecule has 7 heteroatoms. The number of nitrogens with one attached hydrogen (secondary N) is 1. The van der Waals surface area contributed by atoms with Gasteiger partial charge in [0.15, 0.2) is 6.61 Å². The molecule has 26 heavy (non-hydrogen) atoms. The summed E-state index contributed by atoms with van der Waals surface area (Å²) in [4.78, 5) is 24.3. The lowest BCUT2D eigenvalue weighted by Gasteiger charge is -2.12. The molecule has 1 N–H and O–H groups in total. The number of methoxy groups -OCH3 is 3. The second kappa shape index (κ2) is 8.75. The van der Waals surface area contributed by atoms with Gasteiger partial charge in [-0.2, -0.15) is 0 Å². The quantitative estimate of drug-likeness (QED) is 0.766. The Balaban J connectivity index is 2.01. The highest BCUT2D eigenvalue weighted by molar-refractivity contribution is 5.97. The number of amides is 1. The van der Waals surface area contributed by atoms with E-state index in [1.54, 1.807) is 24.3 Å². The number of rotatable bonds is 7. The molecule has 2 aromatic rings. The van der Waals surface area contributed by atoms with Crippen molar-refractivity contribution in [3.8, 4) is 17.2 Å². The summed E-state index contributed by atoms with van der Waals surface area (Å²) in [6, 6.07) is 10.1. The van der Waals surface area contributed by atoms with E-state index < -0.39 is 18.5 Å². The summed E-state index contributed by atoms with van der Waals surface area (Å²) < 4.78 is 20.5. The molecule has 0 aliphatic carbocycles. The van der Waals surface area contributed by atoms with Gasteiger partial charge in [0, 0.05) is 6.07 Å². The normalized spacial score (nSPS) is 10.0. The molecular weight excluding hydrogens is 338 g/mol. The highest BCUT2D eigenvalue weighted by Gasteiger charge is 2.17. The van der Waals surface area contributed by atoms with E-state index in [-0.39, 0.29) is 5.56 Å². The molecule has 0 aromatic heterocycles. The third-order valence-corrected chi connectivity index (χ3v) is 3.59. The van der Waals surface area contributed by atoms with Crippen LogP contribution in [0.2, 0.25) is 0 Å². The van der Waals surface area contributed by atoms with Crippen LogP contribution in [0.5, 0.6) is 17.2 Å². The first-order valence-corrected chi connectivity index (χ1v) is 7.82. The number of esters is 1. The number of aryl methyl sites for hydroxylation is 1. The molecule has 0 saturated heterocycles. The Hall–Kier alpha value is -3.22. The van der Waals surface area contributed by atoms with Gasteiger partial charge in [-0.15, -0.1) is 0 Å². The zero-order valence-electron chi connectivity index (χ0n) is 15.1. The van der Waals surface area contributed by atoms with Crippen LogP contribution in [0.25, 0.3) is 0 Å². The summed E-state index contributed by atoms with van der Waals surface area (Å²) in [6.07, 6.45) is 0. The Morgan fingerprint density at radius 3 is 2.31 bits per heavy atom. The molecule has 0 bridgehead atoms. The van der Waals surface area contributed by atoms with Crippen LogP contribution < -0.4 is 19.5 Å². The smallest absolute Gasteiger partial charge is 0.342 e. The van der Waals surface area contributed by atoms with Gasteiger partial charge in [0.25, 0.3) is 5.91 Å².